The van der Waals surface area contributed by atoms with E-state index in [0.717, 1.165) is 17.3 Å². The summed E-state index contributed by atoms with van der Waals surface area (Å²) in [4.78, 5) is 0. The second-order valence-corrected chi connectivity index (χ2v) is 6.34. The number of rotatable bonds is 4. The first-order valence-corrected chi connectivity index (χ1v) is 6.54. The van der Waals surface area contributed by atoms with Crippen molar-refractivity contribution in [2.24, 2.45) is 22.7 Å². The van der Waals surface area contributed by atoms with E-state index in [2.05, 4.69) is 27.7 Å². The van der Waals surface area contributed by atoms with E-state index in [-0.39, 0.29) is 0 Å². The molecule has 0 N–H and O–H groups in total. The molecule has 2 fully saturated rings. The lowest BCUT2D eigenvalue weighted by atomic mass is 9.37. The lowest BCUT2D eigenvalue weighted by Crippen LogP contribution is -2.59. The molecule has 0 heteroatoms. The van der Waals surface area contributed by atoms with Gasteiger partial charge >= 0.3 is 0 Å². The fourth-order valence-corrected chi connectivity index (χ4v) is 4.12. The Bertz CT molecular complexity index is 206. The zero-order chi connectivity index (χ0) is 10.4. The maximum Gasteiger partial charge on any atom is -0.0215 e. The molecule has 2 rings (SSSR count). The fourth-order valence-electron chi connectivity index (χ4n) is 4.12. The maximum absolute atomic E-state index is 2.54. The van der Waals surface area contributed by atoms with Gasteiger partial charge in [-0.05, 0) is 48.3 Å². The molecule has 82 valence electrons. The first-order chi connectivity index (χ1) is 6.54. The molecule has 1 unspecified atom stereocenters. The van der Waals surface area contributed by atoms with Gasteiger partial charge in [-0.3, -0.25) is 0 Å². The van der Waals surface area contributed by atoms with Gasteiger partial charge in [0.05, 0.1) is 0 Å². The zero-order valence-corrected chi connectivity index (χ0v) is 10.4. The lowest BCUT2D eigenvalue weighted by Gasteiger charge is -2.68. The summed E-state index contributed by atoms with van der Waals surface area (Å²) in [5.41, 5.74) is 1.38. The second kappa shape index (κ2) is 3.25. The van der Waals surface area contributed by atoms with Gasteiger partial charge in [-0.25, -0.2) is 0 Å². The van der Waals surface area contributed by atoms with Crippen LogP contribution in [0.5, 0.6) is 0 Å². The van der Waals surface area contributed by atoms with E-state index in [4.69, 9.17) is 0 Å². The van der Waals surface area contributed by atoms with Crippen LogP contribution in [0.2, 0.25) is 0 Å². The summed E-state index contributed by atoms with van der Waals surface area (Å²) >= 11 is 0. The maximum atomic E-state index is 2.54. The van der Waals surface area contributed by atoms with Crippen LogP contribution in [0.25, 0.3) is 0 Å². The topological polar surface area (TPSA) is 0 Å². The number of hydrogen-bond acceptors (Lipinski definition) is 0. The number of hydrogen-bond donors (Lipinski definition) is 0. The van der Waals surface area contributed by atoms with Gasteiger partial charge in [0.2, 0.25) is 0 Å². The third kappa shape index (κ3) is 1.12. The van der Waals surface area contributed by atoms with Gasteiger partial charge in [-0.15, -0.1) is 0 Å². The molecule has 0 aliphatic heterocycles. The van der Waals surface area contributed by atoms with E-state index in [1.807, 2.05) is 0 Å². The highest BCUT2D eigenvalue weighted by atomic mass is 14.7. The first kappa shape index (κ1) is 10.5. The minimum Gasteiger partial charge on any atom is -0.0654 e. The fraction of sp³-hybridized carbons (Fsp3) is 1.00. The summed E-state index contributed by atoms with van der Waals surface area (Å²) in [5, 5.41) is 0. The van der Waals surface area contributed by atoms with Gasteiger partial charge in [0.25, 0.3) is 0 Å². The molecule has 0 heterocycles. The van der Waals surface area contributed by atoms with Crippen molar-refractivity contribution in [2.75, 3.05) is 0 Å². The summed E-state index contributed by atoms with van der Waals surface area (Å²) in [7, 11) is 0. The molecule has 0 saturated heterocycles. The molecular formula is C14H26. The van der Waals surface area contributed by atoms with Crippen molar-refractivity contribution in [2.45, 2.75) is 66.2 Å². The largest absolute Gasteiger partial charge is 0.0654 e. The van der Waals surface area contributed by atoms with Gasteiger partial charge in [0.15, 0.2) is 0 Å². The van der Waals surface area contributed by atoms with E-state index in [9.17, 15) is 0 Å². The summed E-state index contributed by atoms with van der Waals surface area (Å²) in [6.45, 7) is 9.88. The van der Waals surface area contributed by atoms with E-state index in [1.54, 1.807) is 0 Å². The van der Waals surface area contributed by atoms with Crippen LogP contribution in [0.4, 0.5) is 0 Å². The summed E-state index contributed by atoms with van der Waals surface area (Å²) in [6, 6.07) is 0. The molecule has 0 radical (unpaired) electrons. The minimum absolute atomic E-state index is 0.601. The molecule has 0 bridgehead atoms. The predicted molar refractivity (Wildman–Crippen MR) is 62.2 cm³/mol. The molecular weight excluding hydrogens is 168 g/mol. The molecule has 0 aromatic carbocycles. The molecule has 14 heavy (non-hydrogen) atoms. The Balaban J connectivity index is 2.07. The third-order valence-corrected chi connectivity index (χ3v) is 5.90. The van der Waals surface area contributed by atoms with Crippen molar-refractivity contribution >= 4 is 0 Å². The summed E-state index contributed by atoms with van der Waals surface area (Å²) in [6.07, 6.45) is 8.88. The molecule has 0 aromatic rings. The van der Waals surface area contributed by atoms with Crippen LogP contribution in [-0.2, 0) is 0 Å². The van der Waals surface area contributed by atoms with Crippen molar-refractivity contribution in [1.82, 2.24) is 0 Å². The molecule has 0 amide bonds. The SMILES string of the molecule is CCCC(C)C(C)(C)C12CCC1CC2. The monoisotopic (exact) mass is 194 g/mol. The van der Waals surface area contributed by atoms with E-state index in [1.165, 1.54) is 38.5 Å². The minimum atomic E-state index is 0.601. The summed E-state index contributed by atoms with van der Waals surface area (Å²) < 4.78 is 0. The van der Waals surface area contributed by atoms with Gasteiger partial charge in [-0.2, -0.15) is 0 Å². The molecule has 0 spiro atoms. The van der Waals surface area contributed by atoms with Crippen LogP contribution in [0.1, 0.15) is 66.2 Å². The van der Waals surface area contributed by atoms with Crippen LogP contribution < -0.4 is 0 Å². The predicted octanol–water partition coefficient (Wildman–Crippen LogP) is 4.64. The van der Waals surface area contributed by atoms with Crippen molar-refractivity contribution in [3.05, 3.63) is 0 Å². The molecule has 2 aliphatic carbocycles. The molecule has 1 atom stereocenters. The smallest absolute Gasteiger partial charge is 0.0215 e. The van der Waals surface area contributed by atoms with Gasteiger partial charge in [-0.1, -0.05) is 40.5 Å². The van der Waals surface area contributed by atoms with Crippen LogP contribution in [0.15, 0.2) is 0 Å². The highest BCUT2D eigenvalue weighted by Crippen LogP contribution is 2.71. The van der Waals surface area contributed by atoms with Crippen LogP contribution >= 0.6 is 0 Å². The first-order valence-electron chi connectivity index (χ1n) is 6.54. The standard InChI is InChI=1S/C14H26/c1-5-6-11(2)13(3,4)14-9-7-12(14)8-10-14/h11-12H,5-10H2,1-4H3. The van der Waals surface area contributed by atoms with Crippen LogP contribution in [-0.4, -0.2) is 0 Å². The second-order valence-electron chi connectivity index (χ2n) is 6.34. The average molecular weight is 194 g/mol. The summed E-state index contributed by atoms with van der Waals surface area (Å²) in [5.74, 6) is 2.02. The van der Waals surface area contributed by atoms with Crippen molar-refractivity contribution in [3.63, 3.8) is 0 Å². The molecule has 2 saturated carbocycles. The normalized spacial score (nSPS) is 38.1. The van der Waals surface area contributed by atoms with Crippen LogP contribution in [0.3, 0.4) is 0 Å². The quantitative estimate of drug-likeness (QED) is 0.611. The third-order valence-electron chi connectivity index (χ3n) is 5.90. The van der Waals surface area contributed by atoms with Gasteiger partial charge in [0, 0.05) is 0 Å². The highest BCUT2D eigenvalue weighted by molar-refractivity contribution is 5.11. The Morgan fingerprint density at radius 2 is 1.86 bits per heavy atom. The lowest BCUT2D eigenvalue weighted by molar-refractivity contribution is -0.183. The van der Waals surface area contributed by atoms with Crippen molar-refractivity contribution < 1.29 is 0 Å². The Morgan fingerprint density at radius 3 is 2.14 bits per heavy atom. The van der Waals surface area contributed by atoms with E-state index < -0.39 is 0 Å². The van der Waals surface area contributed by atoms with Crippen molar-refractivity contribution in [1.29, 1.82) is 0 Å². The Kier molecular flexibility index (Phi) is 2.44. The zero-order valence-electron chi connectivity index (χ0n) is 10.4. The molecule has 0 aromatic heterocycles. The van der Waals surface area contributed by atoms with E-state index in [0.29, 0.717) is 5.41 Å². The Morgan fingerprint density at radius 1 is 1.29 bits per heavy atom. The number of fused-ring (bicyclic) bond motifs is 1. The molecule has 2 aliphatic rings. The van der Waals surface area contributed by atoms with E-state index >= 15 is 0 Å². The molecule has 0 nitrogen and oxygen atoms in total. The van der Waals surface area contributed by atoms with Gasteiger partial charge < -0.3 is 0 Å². The van der Waals surface area contributed by atoms with Gasteiger partial charge in [0.1, 0.15) is 0 Å². The Hall–Kier alpha value is 0. The van der Waals surface area contributed by atoms with Crippen molar-refractivity contribution in [3.8, 4) is 0 Å². The Labute approximate surface area is 89.5 Å². The van der Waals surface area contributed by atoms with Crippen LogP contribution in [0, 0.1) is 22.7 Å². The average Bonchev–Trinajstić information content (AvgIpc) is 2.10. The highest BCUT2D eigenvalue weighted by Gasteiger charge is 2.61.